The molecular weight excluding hydrogens is 468 g/mol. The average Bonchev–Trinajstić information content (AvgIpc) is 3.26. The fraction of sp³-hybridized carbons (Fsp3) is 0.120. The summed E-state index contributed by atoms with van der Waals surface area (Å²) in [4.78, 5) is 32.3. The lowest BCUT2D eigenvalue weighted by molar-refractivity contribution is -0.384. The van der Waals surface area contributed by atoms with Gasteiger partial charge in [-0.25, -0.2) is 4.98 Å². The minimum absolute atomic E-state index is 0.0272. The first-order chi connectivity index (χ1) is 17.0. The first-order valence-corrected chi connectivity index (χ1v) is 11.6. The second kappa shape index (κ2) is 9.15. The van der Waals surface area contributed by atoms with Gasteiger partial charge in [0.25, 0.3) is 11.2 Å². The highest BCUT2D eigenvalue weighted by Crippen LogP contribution is 2.32. The van der Waals surface area contributed by atoms with Gasteiger partial charge in [-0.2, -0.15) is 0 Å². The van der Waals surface area contributed by atoms with Crippen molar-refractivity contribution >= 4 is 39.4 Å². The fourth-order valence-corrected chi connectivity index (χ4v) is 4.85. The van der Waals surface area contributed by atoms with Crippen LogP contribution in [0.5, 0.6) is 11.5 Å². The molecule has 0 spiro atoms. The van der Waals surface area contributed by atoms with Crippen LogP contribution >= 0.6 is 11.8 Å². The SMILES string of the molecule is COc1ccc(-n2c(SCc3ccc([N+](=O)[O-])cc3)nc3c([nH]c4ccccc43)c2=O)cc1OC. The van der Waals surface area contributed by atoms with Crippen LogP contribution in [0.15, 0.2) is 76.7 Å². The van der Waals surface area contributed by atoms with Crippen LogP contribution in [0.4, 0.5) is 5.69 Å². The van der Waals surface area contributed by atoms with Crippen molar-refractivity contribution in [3.05, 3.63) is 92.8 Å². The third-order valence-corrected chi connectivity index (χ3v) is 6.64. The van der Waals surface area contributed by atoms with Gasteiger partial charge in [-0.1, -0.05) is 42.1 Å². The Morgan fingerprint density at radius 1 is 1.03 bits per heavy atom. The van der Waals surface area contributed by atoms with Crippen LogP contribution in [-0.4, -0.2) is 33.7 Å². The second-order valence-corrected chi connectivity index (χ2v) is 8.62. The molecule has 0 saturated carbocycles. The Hall–Kier alpha value is -4.31. The molecule has 3 aromatic carbocycles. The molecule has 35 heavy (non-hydrogen) atoms. The van der Waals surface area contributed by atoms with Gasteiger partial charge in [-0.05, 0) is 23.8 Å². The molecule has 0 bridgehead atoms. The molecule has 0 unspecified atom stereocenters. The molecule has 0 fully saturated rings. The Morgan fingerprint density at radius 3 is 2.49 bits per heavy atom. The molecule has 0 atom stereocenters. The van der Waals surface area contributed by atoms with Crippen molar-refractivity contribution < 1.29 is 14.4 Å². The number of hydrogen-bond acceptors (Lipinski definition) is 7. The molecule has 5 aromatic rings. The number of nitrogens with zero attached hydrogens (tertiary/aromatic N) is 3. The number of fused-ring (bicyclic) bond motifs is 3. The number of methoxy groups -OCH3 is 2. The molecule has 2 aromatic heterocycles. The standard InChI is InChI=1S/C25H20N4O5S/c1-33-20-12-11-17(13-21(20)34-2)28-24(30)23-22(18-5-3-4-6-19(18)26-23)27-25(28)35-14-15-7-9-16(10-8-15)29(31)32/h3-13,26H,14H2,1-2H3. The normalized spacial score (nSPS) is 11.1. The van der Waals surface area contributed by atoms with Crippen LogP contribution < -0.4 is 15.0 Å². The summed E-state index contributed by atoms with van der Waals surface area (Å²) in [7, 11) is 3.08. The Balaban J connectivity index is 1.66. The van der Waals surface area contributed by atoms with Crippen molar-refractivity contribution in [2.75, 3.05) is 14.2 Å². The van der Waals surface area contributed by atoms with Gasteiger partial charge < -0.3 is 14.5 Å². The van der Waals surface area contributed by atoms with Crippen molar-refractivity contribution in [2.24, 2.45) is 0 Å². The van der Waals surface area contributed by atoms with E-state index in [9.17, 15) is 14.9 Å². The van der Waals surface area contributed by atoms with Gasteiger partial charge in [0.1, 0.15) is 11.0 Å². The predicted octanol–water partition coefficient (Wildman–Crippen LogP) is 5.08. The van der Waals surface area contributed by atoms with Gasteiger partial charge >= 0.3 is 0 Å². The summed E-state index contributed by atoms with van der Waals surface area (Å²) in [5.41, 5.74) is 3.04. The summed E-state index contributed by atoms with van der Waals surface area (Å²) < 4.78 is 12.3. The summed E-state index contributed by atoms with van der Waals surface area (Å²) >= 11 is 1.37. The number of non-ortho nitro benzene ring substituents is 1. The highest BCUT2D eigenvalue weighted by molar-refractivity contribution is 7.98. The highest BCUT2D eigenvalue weighted by atomic mass is 32.2. The number of nitrogens with one attached hydrogen (secondary N) is 1. The van der Waals surface area contributed by atoms with Gasteiger partial charge in [0.15, 0.2) is 16.7 Å². The van der Waals surface area contributed by atoms with Gasteiger partial charge in [0.2, 0.25) is 0 Å². The van der Waals surface area contributed by atoms with E-state index in [1.165, 1.54) is 35.6 Å². The van der Waals surface area contributed by atoms with E-state index in [2.05, 4.69) is 4.98 Å². The molecule has 0 aliphatic heterocycles. The number of thioether (sulfide) groups is 1. The number of aromatic amines is 1. The van der Waals surface area contributed by atoms with E-state index in [1.807, 2.05) is 24.3 Å². The number of hydrogen-bond donors (Lipinski definition) is 1. The van der Waals surface area contributed by atoms with E-state index in [0.29, 0.717) is 39.1 Å². The quantitative estimate of drug-likeness (QED) is 0.147. The predicted molar refractivity (Wildman–Crippen MR) is 135 cm³/mol. The maximum atomic E-state index is 13.7. The summed E-state index contributed by atoms with van der Waals surface area (Å²) in [5, 5.41) is 12.3. The molecule has 2 heterocycles. The third kappa shape index (κ3) is 4.08. The van der Waals surface area contributed by atoms with Crippen LogP contribution in [0.1, 0.15) is 5.56 Å². The van der Waals surface area contributed by atoms with Crippen LogP contribution in [0.25, 0.3) is 27.6 Å². The average molecular weight is 489 g/mol. The lowest BCUT2D eigenvalue weighted by Crippen LogP contribution is -2.22. The summed E-state index contributed by atoms with van der Waals surface area (Å²) in [5.74, 6) is 1.50. The summed E-state index contributed by atoms with van der Waals surface area (Å²) in [6.45, 7) is 0. The number of H-pyrrole nitrogens is 1. The lowest BCUT2D eigenvalue weighted by atomic mass is 10.2. The molecule has 0 aliphatic rings. The van der Waals surface area contributed by atoms with Crippen LogP contribution in [0.3, 0.4) is 0 Å². The smallest absolute Gasteiger partial charge is 0.283 e. The first kappa shape index (κ1) is 22.5. The third-order valence-electron chi connectivity index (χ3n) is 5.63. The molecular formula is C25H20N4O5S. The van der Waals surface area contributed by atoms with Gasteiger partial charge in [0, 0.05) is 34.9 Å². The zero-order valence-electron chi connectivity index (χ0n) is 18.8. The highest BCUT2D eigenvalue weighted by Gasteiger charge is 2.19. The molecule has 10 heteroatoms. The zero-order valence-corrected chi connectivity index (χ0v) is 19.7. The van der Waals surface area contributed by atoms with Crippen LogP contribution in [0.2, 0.25) is 0 Å². The maximum absolute atomic E-state index is 13.7. The zero-order chi connectivity index (χ0) is 24.5. The van der Waals surface area contributed by atoms with Crippen LogP contribution in [-0.2, 0) is 5.75 Å². The van der Waals surface area contributed by atoms with Crippen molar-refractivity contribution in [1.82, 2.24) is 14.5 Å². The first-order valence-electron chi connectivity index (χ1n) is 10.6. The number of para-hydroxylation sites is 1. The van der Waals surface area contributed by atoms with Crippen molar-refractivity contribution in [1.29, 1.82) is 0 Å². The van der Waals surface area contributed by atoms with E-state index in [-0.39, 0.29) is 11.2 Å². The van der Waals surface area contributed by atoms with E-state index in [4.69, 9.17) is 14.5 Å². The Morgan fingerprint density at radius 2 is 1.77 bits per heavy atom. The second-order valence-electron chi connectivity index (χ2n) is 7.68. The Labute approximate surface area is 203 Å². The number of ether oxygens (including phenoxy) is 2. The molecule has 0 amide bonds. The molecule has 5 rings (SSSR count). The molecule has 0 saturated heterocycles. The number of benzene rings is 3. The maximum Gasteiger partial charge on any atom is 0.283 e. The summed E-state index contributed by atoms with van der Waals surface area (Å²) in [6.07, 6.45) is 0. The molecule has 0 radical (unpaired) electrons. The number of rotatable bonds is 7. The number of nitro groups is 1. The van der Waals surface area contributed by atoms with E-state index >= 15 is 0 Å². The Bertz CT molecular complexity index is 1630. The fourth-order valence-electron chi connectivity index (χ4n) is 3.89. The van der Waals surface area contributed by atoms with E-state index in [0.717, 1.165) is 16.5 Å². The van der Waals surface area contributed by atoms with Gasteiger partial charge in [-0.15, -0.1) is 0 Å². The topological polar surface area (TPSA) is 112 Å². The largest absolute Gasteiger partial charge is 0.493 e. The monoisotopic (exact) mass is 488 g/mol. The Kier molecular flexibility index (Phi) is 5.87. The molecule has 9 nitrogen and oxygen atoms in total. The molecule has 0 aliphatic carbocycles. The number of aromatic nitrogens is 3. The van der Waals surface area contributed by atoms with E-state index in [1.54, 1.807) is 37.4 Å². The lowest BCUT2D eigenvalue weighted by Gasteiger charge is -2.14. The minimum Gasteiger partial charge on any atom is -0.493 e. The van der Waals surface area contributed by atoms with Crippen molar-refractivity contribution in [3.8, 4) is 17.2 Å². The molecule has 176 valence electrons. The van der Waals surface area contributed by atoms with Gasteiger partial charge in [0.05, 0.1) is 24.8 Å². The minimum atomic E-state index is -0.432. The van der Waals surface area contributed by atoms with E-state index < -0.39 is 4.92 Å². The van der Waals surface area contributed by atoms with Crippen molar-refractivity contribution in [3.63, 3.8) is 0 Å². The van der Waals surface area contributed by atoms with Gasteiger partial charge in [-0.3, -0.25) is 19.5 Å². The van der Waals surface area contributed by atoms with Crippen molar-refractivity contribution in [2.45, 2.75) is 10.9 Å². The molecule has 1 N–H and O–H groups in total. The summed E-state index contributed by atoms with van der Waals surface area (Å²) in [6, 6.07) is 19.2. The number of nitro benzene ring substituents is 1. The van der Waals surface area contributed by atoms with Crippen LogP contribution in [0, 0.1) is 10.1 Å².